The van der Waals surface area contributed by atoms with Gasteiger partial charge in [-0.25, -0.2) is 4.98 Å². The average molecular weight is 250 g/mol. The Balaban J connectivity index is 1.91. The number of hydrogen-bond donors (Lipinski definition) is 2. The summed E-state index contributed by atoms with van der Waals surface area (Å²) in [6.45, 7) is 4.02. The van der Waals surface area contributed by atoms with Gasteiger partial charge in [0.1, 0.15) is 0 Å². The van der Waals surface area contributed by atoms with Crippen molar-refractivity contribution in [2.45, 2.75) is 19.4 Å². The van der Waals surface area contributed by atoms with Gasteiger partial charge in [0.25, 0.3) is 0 Å². The second kappa shape index (κ2) is 6.42. The maximum absolute atomic E-state index is 12.1. The molecule has 2 heterocycles. The Hall–Kier alpha value is -1.53. The summed E-state index contributed by atoms with van der Waals surface area (Å²) >= 11 is 0. The van der Waals surface area contributed by atoms with E-state index in [2.05, 4.69) is 27.5 Å². The van der Waals surface area contributed by atoms with Crippen molar-refractivity contribution in [3.63, 3.8) is 0 Å². The first-order valence-corrected chi connectivity index (χ1v) is 6.19. The molecular formula is C12H18N4O2. The molecule has 1 aliphatic heterocycles. The SMILES string of the molecule is CCCNC1COCC1C(=O)Nc1cnccn1. The highest BCUT2D eigenvalue weighted by molar-refractivity contribution is 5.92. The van der Waals surface area contributed by atoms with Crippen molar-refractivity contribution < 1.29 is 9.53 Å². The van der Waals surface area contributed by atoms with Crippen molar-refractivity contribution in [2.75, 3.05) is 25.1 Å². The third kappa shape index (κ3) is 3.24. The number of carbonyl (C=O) groups excluding carboxylic acids is 1. The molecule has 0 bridgehead atoms. The Labute approximate surface area is 106 Å². The third-order valence-electron chi connectivity index (χ3n) is 2.89. The lowest BCUT2D eigenvalue weighted by Gasteiger charge is -2.17. The molecule has 0 saturated carbocycles. The number of ether oxygens (including phenoxy) is 1. The van der Waals surface area contributed by atoms with Crippen molar-refractivity contribution in [3.05, 3.63) is 18.6 Å². The van der Waals surface area contributed by atoms with E-state index in [0.717, 1.165) is 13.0 Å². The van der Waals surface area contributed by atoms with E-state index in [4.69, 9.17) is 4.74 Å². The van der Waals surface area contributed by atoms with Crippen molar-refractivity contribution in [1.82, 2.24) is 15.3 Å². The minimum absolute atomic E-state index is 0.0680. The second-order valence-electron chi connectivity index (χ2n) is 4.28. The largest absolute Gasteiger partial charge is 0.379 e. The van der Waals surface area contributed by atoms with Crippen molar-refractivity contribution in [3.8, 4) is 0 Å². The number of aromatic nitrogens is 2. The Morgan fingerprint density at radius 2 is 2.39 bits per heavy atom. The lowest BCUT2D eigenvalue weighted by Crippen LogP contribution is -2.41. The normalized spacial score (nSPS) is 22.9. The molecule has 1 aromatic rings. The van der Waals surface area contributed by atoms with Crippen LogP contribution in [0.25, 0.3) is 0 Å². The lowest BCUT2D eigenvalue weighted by atomic mass is 10.0. The first kappa shape index (κ1) is 12.9. The van der Waals surface area contributed by atoms with Crippen LogP contribution in [0.3, 0.4) is 0 Å². The zero-order chi connectivity index (χ0) is 12.8. The molecule has 1 fully saturated rings. The second-order valence-corrected chi connectivity index (χ2v) is 4.28. The molecule has 2 N–H and O–H groups in total. The molecule has 1 aromatic heterocycles. The minimum atomic E-state index is -0.168. The maximum Gasteiger partial charge on any atom is 0.232 e. The highest BCUT2D eigenvalue weighted by Crippen LogP contribution is 2.15. The third-order valence-corrected chi connectivity index (χ3v) is 2.89. The van der Waals surface area contributed by atoms with E-state index < -0.39 is 0 Å². The van der Waals surface area contributed by atoms with E-state index >= 15 is 0 Å². The number of carbonyl (C=O) groups is 1. The Kier molecular flexibility index (Phi) is 4.60. The molecule has 1 amide bonds. The van der Waals surface area contributed by atoms with Gasteiger partial charge in [0.15, 0.2) is 5.82 Å². The number of hydrogen-bond acceptors (Lipinski definition) is 5. The van der Waals surface area contributed by atoms with Gasteiger partial charge in [-0.15, -0.1) is 0 Å². The van der Waals surface area contributed by atoms with E-state index in [9.17, 15) is 4.79 Å². The summed E-state index contributed by atoms with van der Waals surface area (Å²) in [6, 6.07) is 0.0848. The molecule has 1 aliphatic rings. The molecule has 98 valence electrons. The number of nitrogens with one attached hydrogen (secondary N) is 2. The van der Waals surface area contributed by atoms with Crippen LogP contribution < -0.4 is 10.6 Å². The van der Waals surface area contributed by atoms with E-state index in [-0.39, 0.29) is 17.9 Å². The van der Waals surface area contributed by atoms with Crippen molar-refractivity contribution in [1.29, 1.82) is 0 Å². The number of nitrogens with zero attached hydrogens (tertiary/aromatic N) is 2. The molecule has 18 heavy (non-hydrogen) atoms. The maximum atomic E-state index is 12.1. The van der Waals surface area contributed by atoms with E-state index in [1.807, 2.05) is 0 Å². The predicted octanol–water partition coefficient (Wildman–Crippen LogP) is 0.430. The number of amides is 1. The molecule has 2 atom stereocenters. The highest BCUT2D eigenvalue weighted by Gasteiger charge is 2.33. The highest BCUT2D eigenvalue weighted by atomic mass is 16.5. The monoisotopic (exact) mass is 250 g/mol. The fraction of sp³-hybridized carbons (Fsp3) is 0.583. The molecule has 2 rings (SSSR count). The Bertz CT molecular complexity index is 385. The molecule has 6 nitrogen and oxygen atoms in total. The van der Waals surface area contributed by atoms with E-state index in [1.54, 1.807) is 12.4 Å². The summed E-state index contributed by atoms with van der Waals surface area (Å²) < 4.78 is 5.37. The molecule has 0 aliphatic carbocycles. The first-order valence-electron chi connectivity index (χ1n) is 6.19. The van der Waals surface area contributed by atoms with Gasteiger partial charge in [0.2, 0.25) is 5.91 Å². The van der Waals surface area contributed by atoms with Crippen LogP contribution in [0.4, 0.5) is 5.82 Å². The molecule has 2 unspecified atom stereocenters. The van der Waals surface area contributed by atoms with Crippen LogP contribution in [0.1, 0.15) is 13.3 Å². The minimum Gasteiger partial charge on any atom is -0.379 e. The van der Waals surface area contributed by atoms with Gasteiger partial charge in [0.05, 0.1) is 25.3 Å². The van der Waals surface area contributed by atoms with Crippen LogP contribution in [0.5, 0.6) is 0 Å². The standard InChI is InChI=1S/C12H18N4O2/c1-2-3-14-10-8-18-7-9(10)12(17)16-11-6-13-4-5-15-11/h4-6,9-10,14H,2-3,7-8H2,1H3,(H,15,16,17). The van der Waals surface area contributed by atoms with Gasteiger partial charge in [-0.05, 0) is 13.0 Å². The van der Waals surface area contributed by atoms with Crippen LogP contribution in [0, 0.1) is 5.92 Å². The summed E-state index contributed by atoms with van der Waals surface area (Å²) in [4.78, 5) is 20.0. The van der Waals surface area contributed by atoms with Crippen LogP contribution in [-0.4, -0.2) is 41.7 Å². The van der Waals surface area contributed by atoms with Crippen LogP contribution in [-0.2, 0) is 9.53 Å². The Morgan fingerprint density at radius 1 is 1.50 bits per heavy atom. The molecule has 0 radical (unpaired) electrons. The summed E-state index contributed by atoms with van der Waals surface area (Å²) in [6.07, 6.45) is 5.69. The fourth-order valence-corrected chi connectivity index (χ4v) is 1.93. The van der Waals surface area contributed by atoms with Crippen LogP contribution in [0.15, 0.2) is 18.6 Å². The van der Waals surface area contributed by atoms with Gasteiger partial charge in [-0.2, -0.15) is 0 Å². The van der Waals surface area contributed by atoms with Gasteiger partial charge < -0.3 is 15.4 Å². The molecule has 0 aromatic carbocycles. The van der Waals surface area contributed by atoms with Crippen LogP contribution in [0.2, 0.25) is 0 Å². The van der Waals surface area contributed by atoms with Gasteiger partial charge >= 0.3 is 0 Å². The van der Waals surface area contributed by atoms with E-state index in [0.29, 0.717) is 19.0 Å². The van der Waals surface area contributed by atoms with Crippen LogP contribution >= 0.6 is 0 Å². The number of anilines is 1. The molecular weight excluding hydrogens is 232 g/mol. The zero-order valence-electron chi connectivity index (χ0n) is 10.4. The van der Waals surface area contributed by atoms with Gasteiger partial charge in [0, 0.05) is 18.4 Å². The zero-order valence-corrected chi connectivity index (χ0v) is 10.4. The molecule has 1 saturated heterocycles. The van der Waals surface area contributed by atoms with Crippen molar-refractivity contribution >= 4 is 11.7 Å². The molecule has 6 heteroatoms. The predicted molar refractivity (Wildman–Crippen MR) is 67.1 cm³/mol. The average Bonchev–Trinajstić information content (AvgIpc) is 2.86. The van der Waals surface area contributed by atoms with Crippen molar-refractivity contribution in [2.24, 2.45) is 5.92 Å². The van der Waals surface area contributed by atoms with Gasteiger partial charge in [-0.1, -0.05) is 6.92 Å². The Morgan fingerprint density at radius 3 is 3.11 bits per heavy atom. The van der Waals surface area contributed by atoms with E-state index in [1.165, 1.54) is 6.20 Å². The topological polar surface area (TPSA) is 76.1 Å². The summed E-state index contributed by atoms with van der Waals surface area (Å²) in [5.74, 6) is 0.240. The fourth-order valence-electron chi connectivity index (χ4n) is 1.93. The molecule has 0 spiro atoms. The summed E-state index contributed by atoms with van der Waals surface area (Å²) in [5.41, 5.74) is 0. The quantitative estimate of drug-likeness (QED) is 0.792. The lowest BCUT2D eigenvalue weighted by molar-refractivity contribution is -0.120. The van der Waals surface area contributed by atoms with Gasteiger partial charge in [-0.3, -0.25) is 9.78 Å². The summed E-state index contributed by atoms with van der Waals surface area (Å²) in [7, 11) is 0. The summed E-state index contributed by atoms with van der Waals surface area (Å²) in [5, 5.41) is 6.08. The smallest absolute Gasteiger partial charge is 0.232 e. The number of rotatable bonds is 5. The first-order chi connectivity index (χ1) is 8.81.